The third-order valence-electron chi connectivity index (χ3n) is 2.89. The van der Waals surface area contributed by atoms with Crippen LogP contribution >= 0.6 is 0 Å². The van der Waals surface area contributed by atoms with Crippen LogP contribution in [0.4, 0.5) is 0 Å². The molecule has 0 aliphatic carbocycles. The van der Waals surface area contributed by atoms with E-state index in [4.69, 9.17) is 32.8 Å². The Balaban J connectivity index is 2.39. The second-order valence-corrected chi connectivity index (χ2v) is 4.88. The normalized spacial score (nSPS) is 16.2. The molecule has 4 nitrogen and oxygen atoms in total. The lowest BCUT2D eigenvalue weighted by Crippen LogP contribution is -2.29. The monoisotopic (exact) mass is 271 g/mol. The number of fused-ring (bicyclic) bond motifs is 1. The summed E-state index contributed by atoms with van der Waals surface area (Å²) in [7, 11) is 0. The van der Waals surface area contributed by atoms with Gasteiger partial charge in [-0.05, 0) is 17.7 Å². The first-order valence-electron chi connectivity index (χ1n) is 6.28. The first-order valence-corrected chi connectivity index (χ1v) is 6.28. The molecule has 20 heavy (non-hydrogen) atoms. The van der Waals surface area contributed by atoms with Gasteiger partial charge < -0.3 is 19.9 Å². The molecule has 1 aliphatic heterocycles. The highest BCUT2D eigenvalue weighted by Crippen LogP contribution is 2.43. The molecule has 2 N–H and O–H groups in total. The van der Waals surface area contributed by atoms with Crippen LogP contribution in [0.25, 0.3) is 0 Å². The summed E-state index contributed by atoms with van der Waals surface area (Å²) in [5, 5.41) is 0. The minimum atomic E-state index is -0.732. The largest absolute Gasteiger partial charge is 0.449 e. The average molecular weight is 271 g/mol. The van der Waals surface area contributed by atoms with E-state index in [0.717, 1.165) is 5.56 Å². The summed E-state index contributed by atoms with van der Waals surface area (Å²) < 4.78 is 16.9. The molecule has 0 bridgehead atoms. The van der Waals surface area contributed by atoms with Crippen molar-refractivity contribution in [1.29, 1.82) is 0 Å². The zero-order chi connectivity index (χ0) is 14.8. The fraction of sp³-hybridized carbons (Fsp3) is 0.375. The highest BCUT2D eigenvalue weighted by Gasteiger charge is 2.34. The van der Waals surface area contributed by atoms with Crippen molar-refractivity contribution < 1.29 is 14.2 Å². The number of ether oxygens (including phenoxy) is 3. The Labute approximate surface area is 119 Å². The van der Waals surface area contributed by atoms with Crippen LogP contribution in [0.5, 0.6) is 11.5 Å². The van der Waals surface area contributed by atoms with E-state index in [1.807, 2.05) is 26.0 Å². The van der Waals surface area contributed by atoms with Crippen molar-refractivity contribution >= 4 is 0 Å². The molecule has 1 aromatic carbocycles. The predicted octanol–water partition coefficient (Wildman–Crippen LogP) is 1.82. The van der Waals surface area contributed by atoms with E-state index in [-0.39, 0.29) is 12.7 Å². The van der Waals surface area contributed by atoms with Gasteiger partial charge in [-0.2, -0.15) is 0 Å². The number of terminal acetylenes is 2. The molecule has 2 rings (SSSR count). The van der Waals surface area contributed by atoms with Crippen molar-refractivity contribution in [3.63, 3.8) is 0 Å². The lowest BCUT2D eigenvalue weighted by molar-refractivity contribution is -0.0433. The molecule has 4 heteroatoms. The van der Waals surface area contributed by atoms with Crippen molar-refractivity contribution in [2.45, 2.75) is 25.7 Å². The van der Waals surface area contributed by atoms with Crippen molar-refractivity contribution in [3.05, 3.63) is 23.3 Å². The molecule has 1 aliphatic rings. The molecule has 0 spiro atoms. The minimum Gasteiger partial charge on any atom is -0.449 e. The summed E-state index contributed by atoms with van der Waals surface area (Å²) in [4.78, 5) is 0. The fourth-order valence-corrected chi connectivity index (χ4v) is 2.08. The van der Waals surface area contributed by atoms with E-state index in [0.29, 0.717) is 23.6 Å². The molecular formula is C16H17NO3. The van der Waals surface area contributed by atoms with Gasteiger partial charge in [0.25, 0.3) is 0 Å². The van der Waals surface area contributed by atoms with E-state index in [9.17, 15) is 0 Å². The molecule has 0 radical (unpaired) electrons. The van der Waals surface area contributed by atoms with Gasteiger partial charge in [0.05, 0.1) is 11.7 Å². The van der Waals surface area contributed by atoms with Crippen LogP contribution in [0.3, 0.4) is 0 Å². The van der Waals surface area contributed by atoms with Gasteiger partial charge in [0.2, 0.25) is 5.79 Å². The highest BCUT2D eigenvalue weighted by atomic mass is 16.7. The number of nitrogens with two attached hydrogens (primary N) is 1. The van der Waals surface area contributed by atoms with Crippen LogP contribution in [-0.4, -0.2) is 18.9 Å². The van der Waals surface area contributed by atoms with Gasteiger partial charge in [-0.1, -0.05) is 11.8 Å². The Hall–Kier alpha value is -2.14. The molecule has 104 valence electrons. The molecule has 1 aromatic rings. The SMILES string of the molecule is C#CCOC(CN)c1cc(C#C)c2c(c1)OC(C)(C)O2. The summed E-state index contributed by atoms with van der Waals surface area (Å²) >= 11 is 0. The molecule has 0 aromatic heterocycles. The maximum Gasteiger partial charge on any atom is 0.246 e. The Morgan fingerprint density at radius 2 is 2.10 bits per heavy atom. The Morgan fingerprint density at radius 1 is 1.35 bits per heavy atom. The fourth-order valence-electron chi connectivity index (χ4n) is 2.08. The van der Waals surface area contributed by atoms with Crippen LogP contribution in [-0.2, 0) is 4.74 Å². The molecule has 0 saturated heterocycles. The predicted molar refractivity (Wildman–Crippen MR) is 76.3 cm³/mol. The van der Waals surface area contributed by atoms with E-state index in [1.54, 1.807) is 0 Å². The van der Waals surface area contributed by atoms with E-state index < -0.39 is 5.79 Å². The third-order valence-corrected chi connectivity index (χ3v) is 2.89. The standard InChI is InChI=1S/C16H17NO3/c1-5-7-18-14(10-17)12-8-11(6-2)15-13(9-12)19-16(3,4)20-15/h1-2,8-9,14H,7,10,17H2,3-4H3. The van der Waals surface area contributed by atoms with Crippen LogP contribution in [0.15, 0.2) is 12.1 Å². The first kappa shape index (κ1) is 14.3. The number of hydrogen-bond donors (Lipinski definition) is 1. The lowest BCUT2D eigenvalue weighted by Gasteiger charge is -2.16. The van der Waals surface area contributed by atoms with Crippen LogP contribution in [0.2, 0.25) is 0 Å². The van der Waals surface area contributed by atoms with Crippen LogP contribution in [0, 0.1) is 24.7 Å². The molecule has 1 heterocycles. The van der Waals surface area contributed by atoms with E-state index in [1.165, 1.54) is 0 Å². The topological polar surface area (TPSA) is 53.7 Å². The van der Waals surface area contributed by atoms with Gasteiger partial charge in [-0.15, -0.1) is 12.8 Å². The minimum absolute atomic E-state index is 0.188. The van der Waals surface area contributed by atoms with Gasteiger partial charge in [-0.3, -0.25) is 0 Å². The molecule has 0 fully saturated rings. The number of rotatable bonds is 4. The Morgan fingerprint density at radius 3 is 2.70 bits per heavy atom. The summed E-state index contributed by atoms with van der Waals surface area (Å²) in [5.74, 6) is 5.47. The van der Waals surface area contributed by atoms with Gasteiger partial charge in [-0.25, -0.2) is 0 Å². The van der Waals surface area contributed by atoms with Crippen LogP contribution < -0.4 is 15.2 Å². The maximum absolute atomic E-state index is 5.72. The summed E-state index contributed by atoms with van der Waals surface area (Å²) in [6.45, 7) is 4.13. The first-order chi connectivity index (χ1) is 9.50. The quantitative estimate of drug-likeness (QED) is 0.849. The second kappa shape index (κ2) is 5.46. The molecule has 1 atom stereocenters. The van der Waals surface area contributed by atoms with Gasteiger partial charge >= 0.3 is 0 Å². The molecule has 0 amide bonds. The Kier molecular flexibility index (Phi) is 3.90. The lowest BCUT2D eigenvalue weighted by atomic mass is 10.0. The van der Waals surface area contributed by atoms with E-state index >= 15 is 0 Å². The highest BCUT2D eigenvalue weighted by molar-refractivity contribution is 5.58. The Bertz CT molecular complexity index is 593. The van der Waals surface area contributed by atoms with Crippen molar-refractivity contribution in [2.75, 3.05) is 13.2 Å². The maximum atomic E-state index is 5.72. The summed E-state index contributed by atoms with van der Waals surface area (Å²) in [6, 6.07) is 3.65. The average Bonchev–Trinajstić information content (AvgIpc) is 2.72. The number of benzene rings is 1. The summed E-state index contributed by atoms with van der Waals surface area (Å²) in [5.41, 5.74) is 7.16. The third kappa shape index (κ3) is 2.72. The van der Waals surface area contributed by atoms with Crippen LogP contribution in [0.1, 0.15) is 31.1 Å². The summed E-state index contributed by atoms with van der Waals surface area (Å²) in [6.07, 6.45) is 10.4. The zero-order valence-electron chi connectivity index (χ0n) is 11.6. The second-order valence-electron chi connectivity index (χ2n) is 4.88. The van der Waals surface area contributed by atoms with Crippen molar-refractivity contribution in [3.8, 4) is 36.2 Å². The number of hydrogen-bond acceptors (Lipinski definition) is 4. The molecule has 0 saturated carbocycles. The molecule has 1 unspecified atom stereocenters. The van der Waals surface area contributed by atoms with Gasteiger partial charge in [0.1, 0.15) is 6.61 Å². The van der Waals surface area contributed by atoms with Gasteiger partial charge in [0, 0.05) is 20.4 Å². The zero-order valence-corrected chi connectivity index (χ0v) is 11.6. The van der Waals surface area contributed by atoms with Crippen molar-refractivity contribution in [1.82, 2.24) is 0 Å². The van der Waals surface area contributed by atoms with E-state index in [2.05, 4.69) is 11.8 Å². The smallest absolute Gasteiger partial charge is 0.246 e. The van der Waals surface area contributed by atoms with Crippen molar-refractivity contribution in [2.24, 2.45) is 5.73 Å². The molecular weight excluding hydrogens is 254 g/mol. The van der Waals surface area contributed by atoms with Gasteiger partial charge in [0.15, 0.2) is 11.5 Å².